The van der Waals surface area contributed by atoms with Crippen molar-refractivity contribution in [2.24, 2.45) is 0 Å². The minimum Gasteiger partial charge on any atom is -0.459 e. The topological polar surface area (TPSA) is 89.2 Å². The fourth-order valence-electron chi connectivity index (χ4n) is 4.15. The first-order valence-corrected chi connectivity index (χ1v) is 11.2. The zero-order valence-corrected chi connectivity index (χ0v) is 18.4. The monoisotopic (exact) mass is 458 g/mol. The molecule has 0 radical (unpaired) electrons. The van der Waals surface area contributed by atoms with Gasteiger partial charge in [-0.3, -0.25) is 9.59 Å². The van der Waals surface area contributed by atoms with Gasteiger partial charge in [-0.15, -0.1) is 0 Å². The van der Waals surface area contributed by atoms with Crippen LogP contribution in [0.25, 0.3) is 11.4 Å². The molecular weight excluding hydrogens is 435 g/mol. The molecule has 0 spiro atoms. The van der Waals surface area contributed by atoms with Crippen molar-refractivity contribution in [2.45, 2.75) is 32.2 Å². The lowest BCUT2D eigenvalue weighted by atomic mass is 10.1. The smallest absolute Gasteiger partial charge is 0.291 e. The molecule has 2 aromatic heterocycles. The third-order valence-corrected chi connectivity index (χ3v) is 5.83. The first kappa shape index (κ1) is 21.6. The zero-order chi connectivity index (χ0) is 23.5. The summed E-state index contributed by atoms with van der Waals surface area (Å²) >= 11 is 0. The highest BCUT2D eigenvalue weighted by Crippen LogP contribution is 2.28. The summed E-state index contributed by atoms with van der Waals surface area (Å²) in [6.45, 7) is 0.770. The van der Waals surface area contributed by atoms with Gasteiger partial charge in [-0.25, -0.2) is 9.37 Å². The number of amides is 2. The summed E-state index contributed by atoms with van der Waals surface area (Å²) in [4.78, 5) is 30.0. The number of imidazole rings is 1. The molecule has 0 unspecified atom stereocenters. The Balaban J connectivity index is 1.36. The van der Waals surface area contributed by atoms with E-state index >= 15 is 0 Å². The van der Waals surface area contributed by atoms with E-state index in [2.05, 4.69) is 20.2 Å². The molecule has 172 valence electrons. The van der Waals surface area contributed by atoms with Crippen molar-refractivity contribution in [1.82, 2.24) is 9.55 Å². The number of hydrogen-bond donors (Lipinski definition) is 2. The minimum absolute atomic E-state index is 0.217. The molecule has 2 amide bonds. The average Bonchev–Trinajstić information content (AvgIpc) is 3.44. The summed E-state index contributed by atoms with van der Waals surface area (Å²) in [6, 6.07) is 16.2. The number of nitrogens with one attached hydrogen (secondary N) is 2. The highest BCUT2D eigenvalue weighted by atomic mass is 19.1. The predicted octanol–water partition coefficient (Wildman–Crippen LogP) is 5.51. The van der Waals surface area contributed by atoms with Crippen LogP contribution in [0.5, 0.6) is 0 Å². The van der Waals surface area contributed by atoms with Crippen molar-refractivity contribution >= 4 is 23.2 Å². The van der Waals surface area contributed by atoms with Gasteiger partial charge < -0.3 is 19.6 Å². The number of nitrogens with zero attached hydrogens (tertiary/aromatic N) is 2. The van der Waals surface area contributed by atoms with Crippen molar-refractivity contribution < 1.29 is 18.4 Å². The Hall–Kier alpha value is -4.20. The summed E-state index contributed by atoms with van der Waals surface area (Å²) in [5, 5.41) is 5.65. The molecule has 2 N–H and O–H groups in total. The van der Waals surface area contributed by atoms with E-state index in [0.717, 1.165) is 43.5 Å². The van der Waals surface area contributed by atoms with E-state index in [0.29, 0.717) is 22.9 Å². The number of fused-ring (bicyclic) bond motifs is 1. The Labute approximate surface area is 195 Å². The highest BCUT2D eigenvalue weighted by Gasteiger charge is 2.24. The first-order chi connectivity index (χ1) is 16.6. The zero-order valence-electron chi connectivity index (χ0n) is 18.4. The van der Waals surface area contributed by atoms with Crippen LogP contribution >= 0.6 is 0 Å². The molecule has 2 aromatic carbocycles. The van der Waals surface area contributed by atoms with Crippen molar-refractivity contribution in [1.29, 1.82) is 0 Å². The molecule has 0 saturated heterocycles. The summed E-state index contributed by atoms with van der Waals surface area (Å²) in [5.41, 5.74) is 3.22. The fourth-order valence-corrected chi connectivity index (χ4v) is 4.15. The van der Waals surface area contributed by atoms with Crippen LogP contribution in [0.15, 0.2) is 71.3 Å². The SMILES string of the molecule is O=C(Nc1ccc(NC(=O)c2nc(-c3ccc(F)cc3)n3c2CCCCC3)cc1)c1ccco1. The van der Waals surface area contributed by atoms with Crippen molar-refractivity contribution in [2.75, 3.05) is 10.6 Å². The fraction of sp³-hybridized carbons (Fsp3) is 0.192. The Morgan fingerprint density at radius 1 is 0.882 bits per heavy atom. The molecule has 1 aliphatic heterocycles. The van der Waals surface area contributed by atoms with E-state index in [1.54, 1.807) is 48.5 Å². The van der Waals surface area contributed by atoms with Gasteiger partial charge in [0.05, 0.1) is 12.0 Å². The lowest BCUT2D eigenvalue weighted by Gasteiger charge is -2.09. The molecule has 7 nitrogen and oxygen atoms in total. The third kappa shape index (κ3) is 4.47. The number of furan rings is 1. The van der Waals surface area contributed by atoms with E-state index in [4.69, 9.17) is 4.42 Å². The Morgan fingerprint density at radius 3 is 2.26 bits per heavy atom. The van der Waals surface area contributed by atoms with Gasteiger partial charge in [-0.1, -0.05) is 6.42 Å². The number of halogens is 1. The van der Waals surface area contributed by atoms with Crippen LogP contribution in [-0.2, 0) is 13.0 Å². The van der Waals surface area contributed by atoms with Gasteiger partial charge in [0.25, 0.3) is 11.8 Å². The Morgan fingerprint density at radius 2 is 1.59 bits per heavy atom. The summed E-state index contributed by atoms with van der Waals surface area (Å²) < 4.78 is 20.6. The molecule has 1 aliphatic rings. The maximum Gasteiger partial charge on any atom is 0.291 e. The van der Waals surface area contributed by atoms with Gasteiger partial charge in [0, 0.05) is 23.5 Å². The lowest BCUT2D eigenvalue weighted by molar-refractivity contribution is 0.0994. The van der Waals surface area contributed by atoms with E-state index in [1.165, 1.54) is 18.4 Å². The molecule has 0 atom stereocenters. The van der Waals surface area contributed by atoms with Crippen LogP contribution in [0, 0.1) is 5.82 Å². The lowest BCUT2D eigenvalue weighted by Crippen LogP contribution is -2.15. The number of hydrogen-bond acceptors (Lipinski definition) is 4. The molecule has 4 aromatic rings. The molecule has 34 heavy (non-hydrogen) atoms. The van der Waals surface area contributed by atoms with Gasteiger partial charge in [0.2, 0.25) is 0 Å². The second kappa shape index (κ2) is 9.35. The standard InChI is InChI=1S/C26H23FN4O3/c27-18-9-7-17(8-10-18)24-30-23(21-5-2-1-3-15-31(21)24)26(33)29-20-13-11-19(12-14-20)28-25(32)22-6-4-16-34-22/h4,6-14,16H,1-3,5,15H2,(H,28,32)(H,29,33). The van der Waals surface area contributed by atoms with Gasteiger partial charge in [0.1, 0.15) is 17.3 Å². The van der Waals surface area contributed by atoms with Crippen LogP contribution in [0.3, 0.4) is 0 Å². The molecule has 0 fully saturated rings. The number of anilines is 2. The van der Waals surface area contributed by atoms with Gasteiger partial charge in [-0.05, 0) is 79.9 Å². The van der Waals surface area contributed by atoms with Crippen molar-refractivity contribution in [3.63, 3.8) is 0 Å². The normalized spacial score (nSPS) is 13.1. The molecule has 5 rings (SSSR count). The van der Waals surface area contributed by atoms with Crippen molar-refractivity contribution in [3.8, 4) is 11.4 Å². The van der Waals surface area contributed by atoms with E-state index < -0.39 is 0 Å². The highest BCUT2D eigenvalue weighted by molar-refractivity contribution is 6.05. The summed E-state index contributed by atoms with van der Waals surface area (Å²) in [6.07, 6.45) is 5.26. The van der Waals surface area contributed by atoms with Gasteiger partial charge >= 0.3 is 0 Å². The van der Waals surface area contributed by atoms with Crippen LogP contribution in [0.4, 0.5) is 15.8 Å². The van der Waals surface area contributed by atoms with E-state index in [1.807, 2.05) is 0 Å². The molecule has 3 heterocycles. The van der Waals surface area contributed by atoms with E-state index in [-0.39, 0.29) is 23.4 Å². The Bertz CT molecular complexity index is 1310. The summed E-state index contributed by atoms with van der Waals surface area (Å²) in [5.74, 6) is -0.0665. The van der Waals surface area contributed by atoms with Crippen LogP contribution in [0.1, 0.15) is 46.0 Å². The van der Waals surface area contributed by atoms with Crippen LogP contribution in [-0.4, -0.2) is 21.4 Å². The van der Waals surface area contributed by atoms with Crippen LogP contribution < -0.4 is 10.6 Å². The van der Waals surface area contributed by atoms with Gasteiger partial charge in [0.15, 0.2) is 5.76 Å². The van der Waals surface area contributed by atoms with Crippen molar-refractivity contribution in [3.05, 3.63) is 89.9 Å². The largest absolute Gasteiger partial charge is 0.459 e. The quantitative estimate of drug-likeness (QED) is 0.413. The molecular formula is C26H23FN4O3. The second-order valence-corrected chi connectivity index (χ2v) is 8.16. The molecule has 0 saturated carbocycles. The number of aromatic nitrogens is 2. The number of carbonyl (C=O) groups is 2. The average molecular weight is 458 g/mol. The number of carbonyl (C=O) groups excluding carboxylic acids is 2. The number of benzene rings is 2. The summed E-state index contributed by atoms with van der Waals surface area (Å²) in [7, 11) is 0. The molecule has 0 aliphatic carbocycles. The third-order valence-electron chi connectivity index (χ3n) is 5.83. The number of rotatable bonds is 5. The molecule has 8 heteroatoms. The second-order valence-electron chi connectivity index (χ2n) is 8.16. The predicted molar refractivity (Wildman–Crippen MR) is 126 cm³/mol. The van der Waals surface area contributed by atoms with Crippen LogP contribution in [0.2, 0.25) is 0 Å². The maximum atomic E-state index is 13.4. The Kier molecular flexibility index (Phi) is 5.95. The maximum absolute atomic E-state index is 13.4. The first-order valence-electron chi connectivity index (χ1n) is 11.2. The van der Waals surface area contributed by atoms with E-state index in [9.17, 15) is 14.0 Å². The molecule has 0 bridgehead atoms. The van der Waals surface area contributed by atoms with Gasteiger partial charge in [-0.2, -0.15) is 0 Å². The minimum atomic E-state index is -0.351.